The van der Waals surface area contributed by atoms with Gasteiger partial charge in [0.15, 0.2) is 18.1 Å². The molecule has 0 bridgehead atoms. The van der Waals surface area contributed by atoms with Crippen LogP contribution in [-0.4, -0.2) is 44.8 Å². The molecule has 0 aliphatic carbocycles. The molecule has 0 aliphatic heterocycles. The van der Waals surface area contributed by atoms with E-state index in [1.54, 1.807) is 74.7 Å². The number of carbonyl (C=O) groups is 3. The molecule has 0 radical (unpaired) electrons. The highest BCUT2D eigenvalue weighted by Crippen LogP contribution is 2.28. The smallest absolute Gasteiger partial charge is 0.329 e. The topological polar surface area (TPSA) is 127 Å². The minimum absolute atomic E-state index is 0.176. The SMILES string of the molecule is COc1ccc(CNC(=O)C(=O)N/N=C\c2ccc(OCC(=O)Nc3cccc(Cl)c3C)c(OC)c2)cc1. The summed E-state index contributed by atoms with van der Waals surface area (Å²) in [6.45, 7) is 1.73. The molecule has 0 saturated carbocycles. The van der Waals surface area contributed by atoms with Crippen molar-refractivity contribution in [3.05, 3.63) is 82.4 Å². The molecule has 3 aromatic rings. The quantitative estimate of drug-likeness (QED) is 0.206. The summed E-state index contributed by atoms with van der Waals surface area (Å²) in [5, 5.41) is 9.62. The Kier molecular flexibility index (Phi) is 10.1. The van der Waals surface area contributed by atoms with Crippen LogP contribution in [-0.2, 0) is 20.9 Å². The number of halogens is 1. The molecule has 0 aliphatic rings. The molecular formula is C27H27ClN4O6. The Hall–Kier alpha value is -4.57. The van der Waals surface area contributed by atoms with Crippen LogP contribution in [0.1, 0.15) is 16.7 Å². The Morgan fingerprint density at radius 1 is 0.947 bits per heavy atom. The zero-order chi connectivity index (χ0) is 27.5. The molecule has 198 valence electrons. The first-order chi connectivity index (χ1) is 18.3. The Morgan fingerprint density at radius 3 is 2.42 bits per heavy atom. The van der Waals surface area contributed by atoms with Crippen LogP contribution >= 0.6 is 11.6 Å². The van der Waals surface area contributed by atoms with Crippen molar-refractivity contribution in [3.63, 3.8) is 0 Å². The summed E-state index contributed by atoms with van der Waals surface area (Å²) in [6, 6.07) is 17.2. The van der Waals surface area contributed by atoms with Gasteiger partial charge in [0.25, 0.3) is 5.91 Å². The molecule has 0 atom stereocenters. The number of nitrogens with zero attached hydrogens (tertiary/aromatic N) is 1. The summed E-state index contributed by atoms with van der Waals surface area (Å²) >= 11 is 6.08. The summed E-state index contributed by atoms with van der Waals surface area (Å²) in [4.78, 5) is 36.3. The Bertz CT molecular complexity index is 1330. The number of amides is 3. The van der Waals surface area contributed by atoms with Crippen LogP contribution in [0.5, 0.6) is 17.2 Å². The van der Waals surface area contributed by atoms with E-state index in [4.69, 9.17) is 25.8 Å². The van der Waals surface area contributed by atoms with E-state index in [-0.39, 0.29) is 19.1 Å². The summed E-state index contributed by atoms with van der Waals surface area (Å²) < 4.78 is 16.0. The monoisotopic (exact) mass is 538 g/mol. The van der Waals surface area contributed by atoms with Gasteiger partial charge < -0.3 is 24.8 Å². The van der Waals surface area contributed by atoms with Crippen molar-refractivity contribution in [2.45, 2.75) is 13.5 Å². The van der Waals surface area contributed by atoms with Gasteiger partial charge in [-0.2, -0.15) is 5.10 Å². The second-order valence-electron chi connectivity index (χ2n) is 7.89. The minimum Gasteiger partial charge on any atom is -0.497 e. The molecule has 11 heteroatoms. The fraction of sp³-hybridized carbons (Fsp3) is 0.185. The van der Waals surface area contributed by atoms with Crippen LogP contribution in [0.4, 0.5) is 5.69 Å². The molecule has 3 amide bonds. The standard InChI is InChI=1S/C27H27ClN4O6/c1-17-21(28)5-4-6-22(17)31-25(33)16-38-23-12-9-19(13-24(23)37-3)15-30-32-27(35)26(34)29-14-18-7-10-20(36-2)11-8-18/h4-13,15H,14,16H2,1-3H3,(H,29,34)(H,31,33)(H,32,35)/b30-15-. The molecule has 0 heterocycles. The van der Waals surface area contributed by atoms with E-state index in [2.05, 4.69) is 21.2 Å². The number of methoxy groups -OCH3 is 2. The Balaban J connectivity index is 1.49. The molecule has 0 saturated heterocycles. The number of ether oxygens (including phenoxy) is 3. The first kappa shape index (κ1) is 28.0. The second kappa shape index (κ2) is 13.7. The molecule has 0 fully saturated rings. The third-order valence-electron chi connectivity index (χ3n) is 5.29. The highest BCUT2D eigenvalue weighted by atomic mass is 35.5. The molecule has 0 aromatic heterocycles. The molecule has 0 spiro atoms. The summed E-state index contributed by atoms with van der Waals surface area (Å²) in [5.41, 5.74) is 4.90. The van der Waals surface area contributed by atoms with Crippen LogP contribution in [0.15, 0.2) is 65.8 Å². The van der Waals surface area contributed by atoms with Crippen molar-refractivity contribution >= 4 is 41.2 Å². The maximum absolute atomic E-state index is 12.3. The lowest BCUT2D eigenvalue weighted by molar-refractivity contribution is -0.139. The molecule has 3 N–H and O–H groups in total. The molecule has 3 rings (SSSR count). The molecule has 10 nitrogen and oxygen atoms in total. The average molecular weight is 539 g/mol. The summed E-state index contributed by atoms with van der Waals surface area (Å²) in [7, 11) is 3.01. The third kappa shape index (κ3) is 7.97. The largest absolute Gasteiger partial charge is 0.497 e. The van der Waals surface area contributed by atoms with Gasteiger partial charge in [-0.05, 0) is 66.1 Å². The van der Waals surface area contributed by atoms with E-state index in [0.29, 0.717) is 33.5 Å². The number of hydrogen-bond acceptors (Lipinski definition) is 7. The van der Waals surface area contributed by atoms with Gasteiger partial charge in [0.1, 0.15) is 5.75 Å². The van der Waals surface area contributed by atoms with Crippen molar-refractivity contribution in [3.8, 4) is 17.2 Å². The highest BCUT2D eigenvalue weighted by molar-refractivity contribution is 6.35. The zero-order valence-corrected chi connectivity index (χ0v) is 21.8. The van der Waals surface area contributed by atoms with Crippen LogP contribution in [0.3, 0.4) is 0 Å². The van der Waals surface area contributed by atoms with E-state index < -0.39 is 11.8 Å². The third-order valence-corrected chi connectivity index (χ3v) is 5.70. The first-order valence-electron chi connectivity index (χ1n) is 11.4. The van der Waals surface area contributed by atoms with E-state index in [9.17, 15) is 14.4 Å². The van der Waals surface area contributed by atoms with Crippen molar-refractivity contribution in [2.24, 2.45) is 5.10 Å². The summed E-state index contributed by atoms with van der Waals surface area (Å²) in [5.74, 6) is -0.726. The molecule has 38 heavy (non-hydrogen) atoms. The van der Waals surface area contributed by atoms with E-state index in [1.165, 1.54) is 13.3 Å². The van der Waals surface area contributed by atoms with Crippen molar-refractivity contribution < 1.29 is 28.6 Å². The van der Waals surface area contributed by atoms with Gasteiger partial charge in [-0.25, -0.2) is 5.43 Å². The number of anilines is 1. The Labute approximate surface area is 224 Å². The number of rotatable bonds is 10. The van der Waals surface area contributed by atoms with Gasteiger partial charge in [-0.3, -0.25) is 14.4 Å². The predicted octanol–water partition coefficient (Wildman–Crippen LogP) is 3.45. The van der Waals surface area contributed by atoms with Crippen LogP contribution in [0.2, 0.25) is 5.02 Å². The number of benzene rings is 3. The predicted molar refractivity (Wildman–Crippen MR) is 144 cm³/mol. The van der Waals surface area contributed by atoms with Crippen LogP contribution in [0, 0.1) is 6.92 Å². The van der Waals surface area contributed by atoms with Gasteiger partial charge in [0.2, 0.25) is 0 Å². The number of hydrazone groups is 1. The van der Waals surface area contributed by atoms with Gasteiger partial charge in [-0.15, -0.1) is 0 Å². The van der Waals surface area contributed by atoms with Crippen molar-refractivity contribution in [2.75, 3.05) is 26.1 Å². The zero-order valence-electron chi connectivity index (χ0n) is 21.0. The van der Waals surface area contributed by atoms with Crippen LogP contribution < -0.4 is 30.3 Å². The van der Waals surface area contributed by atoms with E-state index in [0.717, 1.165) is 11.1 Å². The highest BCUT2D eigenvalue weighted by Gasteiger charge is 2.13. The van der Waals surface area contributed by atoms with Crippen molar-refractivity contribution in [1.82, 2.24) is 10.7 Å². The average Bonchev–Trinajstić information content (AvgIpc) is 2.93. The normalized spacial score (nSPS) is 10.5. The second-order valence-corrected chi connectivity index (χ2v) is 8.30. The minimum atomic E-state index is -0.914. The fourth-order valence-corrected chi connectivity index (χ4v) is 3.35. The lowest BCUT2D eigenvalue weighted by Gasteiger charge is -2.12. The Morgan fingerprint density at radius 2 is 1.71 bits per heavy atom. The molecule has 3 aromatic carbocycles. The number of carbonyl (C=O) groups excluding carboxylic acids is 3. The van der Waals surface area contributed by atoms with Gasteiger partial charge in [0.05, 0.1) is 20.4 Å². The van der Waals surface area contributed by atoms with Crippen LogP contribution in [0.25, 0.3) is 0 Å². The molecule has 0 unspecified atom stereocenters. The maximum Gasteiger partial charge on any atom is 0.329 e. The number of hydrogen-bond donors (Lipinski definition) is 3. The number of nitrogens with one attached hydrogen (secondary N) is 3. The fourth-order valence-electron chi connectivity index (χ4n) is 3.18. The van der Waals surface area contributed by atoms with Crippen molar-refractivity contribution in [1.29, 1.82) is 0 Å². The van der Waals surface area contributed by atoms with Gasteiger partial charge in [-0.1, -0.05) is 29.8 Å². The first-order valence-corrected chi connectivity index (χ1v) is 11.8. The summed E-state index contributed by atoms with van der Waals surface area (Å²) in [6.07, 6.45) is 1.34. The lowest BCUT2D eigenvalue weighted by Crippen LogP contribution is -2.37. The molecular weight excluding hydrogens is 512 g/mol. The van der Waals surface area contributed by atoms with E-state index >= 15 is 0 Å². The van der Waals surface area contributed by atoms with Gasteiger partial charge in [0, 0.05) is 17.3 Å². The van der Waals surface area contributed by atoms with E-state index in [1.807, 2.05) is 0 Å². The maximum atomic E-state index is 12.3. The van der Waals surface area contributed by atoms with Gasteiger partial charge >= 0.3 is 11.8 Å². The lowest BCUT2D eigenvalue weighted by atomic mass is 10.2.